The van der Waals surface area contributed by atoms with Gasteiger partial charge in [-0.15, -0.1) is 0 Å². The molecule has 4 nitrogen and oxygen atoms in total. The van der Waals surface area contributed by atoms with Gasteiger partial charge in [-0.2, -0.15) is 8.78 Å². The van der Waals surface area contributed by atoms with E-state index < -0.39 is 27.6 Å². The third kappa shape index (κ3) is 3.40. The minimum atomic E-state index is -4.58. The lowest BCUT2D eigenvalue weighted by Crippen LogP contribution is -2.37. The lowest BCUT2D eigenvalue weighted by Gasteiger charge is -2.20. The average Bonchev–Trinajstić information content (AvgIpc) is 2.48. The van der Waals surface area contributed by atoms with E-state index in [2.05, 4.69) is 0 Å². The van der Waals surface area contributed by atoms with E-state index in [1.165, 1.54) is 48.5 Å². The summed E-state index contributed by atoms with van der Waals surface area (Å²) in [5.74, 6) is 0. The Bertz CT molecular complexity index is 762. The van der Waals surface area contributed by atoms with Crippen molar-refractivity contribution >= 4 is 21.0 Å². The molecule has 0 aromatic heterocycles. The summed E-state index contributed by atoms with van der Waals surface area (Å²) in [5, 5.41) is 0. The van der Waals surface area contributed by atoms with Gasteiger partial charge in [0.05, 0.1) is 9.79 Å². The SMILES string of the molecule is Cc1ccc(S(=O)(=O)N(C(F)F)S(=O)c2ccccc2)cc1. The van der Waals surface area contributed by atoms with Crippen LogP contribution < -0.4 is 0 Å². The highest BCUT2D eigenvalue weighted by molar-refractivity contribution is 8.01. The summed E-state index contributed by atoms with van der Waals surface area (Å²) in [5.41, 5.74) is 0.784. The lowest BCUT2D eigenvalue weighted by molar-refractivity contribution is 0.0805. The molecule has 0 saturated carbocycles. The van der Waals surface area contributed by atoms with Crippen molar-refractivity contribution in [1.29, 1.82) is 0 Å². The Hall–Kier alpha value is -1.64. The molecule has 2 aromatic rings. The lowest BCUT2D eigenvalue weighted by atomic mass is 10.2. The molecule has 0 aliphatic heterocycles. The molecule has 0 amide bonds. The molecule has 1 atom stereocenters. The number of nitrogens with zero attached hydrogens (tertiary/aromatic N) is 1. The third-order valence-electron chi connectivity index (χ3n) is 2.82. The number of sulfonamides is 1. The van der Waals surface area contributed by atoms with Crippen LogP contribution >= 0.6 is 0 Å². The molecule has 0 radical (unpaired) electrons. The third-order valence-corrected chi connectivity index (χ3v) is 6.48. The van der Waals surface area contributed by atoms with E-state index >= 15 is 0 Å². The second-order valence-electron chi connectivity index (χ2n) is 4.41. The fraction of sp³-hybridized carbons (Fsp3) is 0.143. The molecule has 1 unspecified atom stereocenters. The molecule has 118 valence electrons. The van der Waals surface area contributed by atoms with Gasteiger partial charge in [-0.25, -0.2) is 12.6 Å². The minimum Gasteiger partial charge on any atom is -0.236 e. The number of hydrogen-bond donors (Lipinski definition) is 0. The van der Waals surface area contributed by atoms with Gasteiger partial charge in [-0.05, 0) is 34.9 Å². The monoisotopic (exact) mass is 345 g/mol. The summed E-state index contributed by atoms with van der Waals surface area (Å²) < 4.78 is 63.2. The van der Waals surface area contributed by atoms with Gasteiger partial charge in [0.2, 0.25) is 0 Å². The number of benzene rings is 2. The van der Waals surface area contributed by atoms with E-state index in [0.29, 0.717) is 0 Å². The largest absolute Gasteiger partial charge is 0.318 e. The first-order chi connectivity index (χ1) is 10.3. The minimum absolute atomic E-state index is 0.0153. The zero-order chi connectivity index (χ0) is 16.3. The van der Waals surface area contributed by atoms with E-state index in [1.54, 1.807) is 13.0 Å². The fourth-order valence-corrected chi connectivity index (χ4v) is 4.59. The standard InChI is InChI=1S/C14H13F2NO3S2/c1-11-7-9-13(10-8-11)22(19,20)17(14(15)16)21(18)12-5-3-2-4-6-12/h2-10,14H,1H3. The molecule has 8 heteroatoms. The summed E-state index contributed by atoms with van der Waals surface area (Å²) in [6.07, 6.45) is 0. The Morgan fingerprint density at radius 3 is 2.05 bits per heavy atom. The number of hydrogen-bond acceptors (Lipinski definition) is 3. The van der Waals surface area contributed by atoms with E-state index in [1.807, 2.05) is 0 Å². The summed E-state index contributed by atoms with van der Waals surface area (Å²) in [7, 11) is -7.11. The highest BCUT2D eigenvalue weighted by Gasteiger charge is 2.37. The van der Waals surface area contributed by atoms with E-state index in [0.717, 1.165) is 5.56 Å². The topological polar surface area (TPSA) is 54.5 Å². The van der Waals surface area contributed by atoms with Crippen LogP contribution in [0.4, 0.5) is 8.78 Å². The van der Waals surface area contributed by atoms with Crippen LogP contribution in [0.25, 0.3) is 0 Å². The highest BCUT2D eigenvalue weighted by atomic mass is 32.3. The number of alkyl halides is 2. The van der Waals surface area contributed by atoms with Crippen molar-refractivity contribution in [3.63, 3.8) is 0 Å². The molecule has 0 saturated heterocycles. The molecule has 22 heavy (non-hydrogen) atoms. The molecule has 0 aliphatic carbocycles. The molecule has 0 aliphatic rings. The van der Waals surface area contributed by atoms with E-state index in [4.69, 9.17) is 0 Å². The molecule has 2 aromatic carbocycles. The Balaban J connectivity index is 2.48. The Kier molecular flexibility index (Phi) is 5.05. The van der Waals surface area contributed by atoms with Crippen molar-refractivity contribution in [2.45, 2.75) is 23.3 Å². The quantitative estimate of drug-likeness (QED) is 0.783. The van der Waals surface area contributed by atoms with Crippen molar-refractivity contribution in [1.82, 2.24) is 3.71 Å². The Morgan fingerprint density at radius 1 is 1.00 bits per heavy atom. The smallest absolute Gasteiger partial charge is 0.236 e. The second kappa shape index (κ2) is 6.64. The zero-order valence-corrected chi connectivity index (χ0v) is 13.2. The fourth-order valence-electron chi connectivity index (χ4n) is 1.72. The van der Waals surface area contributed by atoms with E-state index in [9.17, 15) is 21.4 Å². The first-order valence-corrected chi connectivity index (χ1v) is 8.75. The molecule has 0 spiro atoms. The predicted molar refractivity (Wildman–Crippen MR) is 79.1 cm³/mol. The average molecular weight is 345 g/mol. The number of aryl methyl sites for hydroxylation is 1. The van der Waals surface area contributed by atoms with Crippen molar-refractivity contribution < 1.29 is 21.4 Å². The van der Waals surface area contributed by atoms with Gasteiger partial charge >= 0.3 is 6.55 Å². The van der Waals surface area contributed by atoms with Gasteiger partial charge in [0.25, 0.3) is 10.0 Å². The van der Waals surface area contributed by atoms with Crippen LogP contribution in [-0.2, 0) is 21.0 Å². The second-order valence-corrected chi connectivity index (χ2v) is 7.82. The van der Waals surface area contributed by atoms with Crippen LogP contribution in [0.1, 0.15) is 5.56 Å². The van der Waals surface area contributed by atoms with Crippen LogP contribution in [0, 0.1) is 6.92 Å². The molecule has 0 bridgehead atoms. The first-order valence-electron chi connectivity index (χ1n) is 6.20. The van der Waals surface area contributed by atoms with Crippen LogP contribution in [0.2, 0.25) is 0 Å². The summed E-state index contributed by atoms with van der Waals surface area (Å²) in [6, 6.07) is 12.7. The van der Waals surface area contributed by atoms with Crippen LogP contribution in [-0.4, -0.2) is 22.9 Å². The zero-order valence-electron chi connectivity index (χ0n) is 11.5. The van der Waals surface area contributed by atoms with Gasteiger partial charge in [0, 0.05) is 0 Å². The Labute approximate surface area is 130 Å². The molecular weight excluding hydrogens is 332 g/mol. The van der Waals surface area contributed by atoms with Crippen LogP contribution in [0.3, 0.4) is 0 Å². The van der Waals surface area contributed by atoms with Crippen molar-refractivity contribution in [3.8, 4) is 0 Å². The summed E-state index contributed by atoms with van der Waals surface area (Å²) in [6.45, 7) is -1.68. The van der Waals surface area contributed by atoms with Gasteiger partial charge < -0.3 is 0 Å². The molecule has 0 heterocycles. The van der Waals surface area contributed by atoms with Crippen LogP contribution in [0.15, 0.2) is 64.4 Å². The number of rotatable bonds is 5. The maximum Gasteiger partial charge on any atom is 0.318 e. The van der Waals surface area contributed by atoms with E-state index in [-0.39, 0.29) is 13.5 Å². The molecule has 0 fully saturated rings. The summed E-state index contributed by atoms with van der Waals surface area (Å²) in [4.78, 5) is -0.346. The molecule has 2 rings (SSSR count). The molecular formula is C14H13F2NO3S2. The molecule has 0 N–H and O–H groups in total. The van der Waals surface area contributed by atoms with Crippen molar-refractivity contribution in [2.24, 2.45) is 0 Å². The Morgan fingerprint density at radius 2 is 1.55 bits per heavy atom. The maximum absolute atomic E-state index is 13.2. The van der Waals surface area contributed by atoms with Gasteiger partial charge in [-0.3, -0.25) is 0 Å². The van der Waals surface area contributed by atoms with Crippen LogP contribution in [0.5, 0.6) is 0 Å². The normalized spacial score (nSPS) is 13.5. The van der Waals surface area contributed by atoms with Gasteiger partial charge in [0.1, 0.15) is 11.0 Å². The van der Waals surface area contributed by atoms with Crippen molar-refractivity contribution in [3.05, 3.63) is 60.2 Å². The van der Waals surface area contributed by atoms with Crippen molar-refractivity contribution in [2.75, 3.05) is 0 Å². The first kappa shape index (κ1) is 16.7. The highest BCUT2D eigenvalue weighted by Crippen LogP contribution is 2.25. The number of halogens is 2. The predicted octanol–water partition coefficient (Wildman–Crippen LogP) is 2.93. The summed E-state index contributed by atoms with van der Waals surface area (Å²) >= 11 is 0. The van der Waals surface area contributed by atoms with Gasteiger partial charge in [0.15, 0.2) is 0 Å². The maximum atomic E-state index is 13.2. The van der Waals surface area contributed by atoms with Gasteiger partial charge in [-0.1, -0.05) is 35.9 Å².